The quantitative estimate of drug-likeness (QED) is 0.431. The summed E-state index contributed by atoms with van der Waals surface area (Å²) in [4.78, 5) is 31.7. The zero-order valence-electron chi connectivity index (χ0n) is 21.8. The Morgan fingerprint density at radius 2 is 1.92 bits per heavy atom. The molecule has 0 radical (unpaired) electrons. The molecule has 2 aliphatic heterocycles. The molecule has 11 nitrogen and oxygen atoms in total. The average molecular weight is 522 g/mol. The Morgan fingerprint density at radius 3 is 2.63 bits per heavy atom. The molecule has 0 spiro atoms. The number of nitrogens with one attached hydrogen (secondary N) is 1. The van der Waals surface area contributed by atoms with Gasteiger partial charge in [0.1, 0.15) is 12.3 Å². The van der Waals surface area contributed by atoms with E-state index in [1.807, 2.05) is 31.2 Å². The highest BCUT2D eigenvalue weighted by atomic mass is 16.5. The van der Waals surface area contributed by atoms with Crippen molar-refractivity contribution in [2.75, 3.05) is 32.8 Å². The van der Waals surface area contributed by atoms with Crippen LogP contribution in [0.5, 0.6) is 0 Å². The van der Waals surface area contributed by atoms with Gasteiger partial charge in [-0.15, -0.1) is 10.2 Å². The summed E-state index contributed by atoms with van der Waals surface area (Å²) in [5.74, 6) is 1.17. The fourth-order valence-corrected chi connectivity index (χ4v) is 5.07. The van der Waals surface area contributed by atoms with Crippen molar-refractivity contribution >= 4 is 11.8 Å². The first-order chi connectivity index (χ1) is 18.5. The Balaban J connectivity index is 1.22. The van der Waals surface area contributed by atoms with E-state index in [1.54, 1.807) is 11.0 Å². The van der Waals surface area contributed by atoms with Crippen molar-refractivity contribution < 1.29 is 18.7 Å². The SMILES string of the molecule is Cc1ccc(-c2nnn(CC(=O)N(CC(=O)NC[C@H]3CCCO3)C3CCN(Cc4ccccc4)CC3)n2)o1. The first-order valence-electron chi connectivity index (χ1n) is 13.3. The molecular formula is C27H35N7O4. The van der Waals surface area contributed by atoms with E-state index in [2.05, 4.69) is 37.8 Å². The average Bonchev–Trinajstić information content (AvgIpc) is 3.70. The Labute approximate surface area is 222 Å². The molecule has 2 fully saturated rings. The van der Waals surface area contributed by atoms with Crippen molar-refractivity contribution in [3.8, 4) is 11.6 Å². The number of hydrogen-bond donors (Lipinski definition) is 1. The van der Waals surface area contributed by atoms with E-state index in [0.29, 0.717) is 18.1 Å². The number of benzene rings is 1. The van der Waals surface area contributed by atoms with Crippen molar-refractivity contribution in [3.63, 3.8) is 0 Å². The standard InChI is InChI=1S/C27H35N7O4/c1-20-9-10-24(38-20)27-29-31-34(30-27)19-26(36)33(18-25(35)28-16-23-8-5-15-37-23)22-11-13-32(14-12-22)17-21-6-3-2-4-7-21/h2-4,6-7,9-10,22-23H,5,8,11-19H2,1H3,(H,28,35)/t23-/m1/s1. The van der Waals surface area contributed by atoms with E-state index < -0.39 is 0 Å². The Kier molecular flexibility index (Phi) is 8.44. The number of furan rings is 1. The molecular weight excluding hydrogens is 486 g/mol. The van der Waals surface area contributed by atoms with Gasteiger partial charge in [-0.25, -0.2) is 0 Å². The molecule has 0 bridgehead atoms. The Bertz CT molecular complexity index is 1200. The fourth-order valence-electron chi connectivity index (χ4n) is 5.07. The molecule has 3 aromatic rings. The van der Waals surface area contributed by atoms with E-state index in [4.69, 9.17) is 9.15 Å². The van der Waals surface area contributed by atoms with Crippen molar-refractivity contribution in [1.82, 2.24) is 35.3 Å². The second-order valence-corrected chi connectivity index (χ2v) is 10.0. The Hall–Kier alpha value is -3.57. The maximum absolute atomic E-state index is 13.5. The van der Waals surface area contributed by atoms with Crippen LogP contribution in [0, 0.1) is 6.92 Å². The summed E-state index contributed by atoms with van der Waals surface area (Å²) in [5, 5.41) is 15.3. The molecule has 1 aromatic carbocycles. The molecule has 0 aliphatic carbocycles. The molecule has 1 N–H and O–H groups in total. The number of carbonyl (C=O) groups excluding carboxylic acids is 2. The normalized spacial score (nSPS) is 18.5. The van der Waals surface area contributed by atoms with Crippen LogP contribution >= 0.6 is 0 Å². The fraction of sp³-hybridized carbons (Fsp3) is 0.519. The molecule has 2 saturated heterocycles. The molecule has 5 rings (SSSR count). The van der Waals surface area contributed by atoms with Gasteiger partial charge in [0.05, 0.1) is 12.6 Å². The summed E-state index contributed by atoms with van der Waals surface area (Å²) < 4.78 is 11.2. The van der Waals surface area contributed by atoms with Crippen molar-refractivity contribution in [1.29, 1.82) is 0 Å². The van der Waals surface area contributed by atoms with Crippen LogP contribution in [0.1, 0.15) is 37.0 Å². The molecule has 2 aromatic heterocycles. The summed E-state index contributed by atoms with van der Waals surface area (Å²) in [6.07, 6.45) is 3.58. The maximum atomic E-state index is 13.5. The van der Waals surface area contributed by atoms with E-state index in [-0.39, 0.29) is 37.0 Å². The van der Waals surface area contributed by atoms with Crippen LogP contribution in [-0.2, 0) is 27.4 Å². The molecule has 0 saturated carbocycles. The highest BCUT2D eigenvalue weighted by molar-refractivity contribution is 5.85. The minimum Gasteiger partial charge on any atom is -0.458 e. The second-order valence-electron chi connectivity index (χ2n) is 10.0. The van der Waals surface area contributed by atoms with E-state index in [9.17, 15) is 9.59 Å². The molecule has 11 heteroatoms. The predicted molar refractivity (Wildman–Crippen MR) is 139 cm³/mol. The number of ether oxygens (including phenoxy) is 1. The third-order valence-electron chi connectivity index (χ3n) is 7.12. The predicted octanol–water partition coefficient (Wildman–Crippen LogP) is 2.03. The highest BCUT2D eigenvalue weighted by Crippen LogP contribution is 2.20. The zero-order chi connectivity index (χ0) is 26.3. The molecule has 2 amide bonds. The first-order valence-corrected chi connectivity index (χ1v) is 13.3. The van der Waals surface area contributed by atoms with E-state index in [1.165, 1.54) is 10.4 Å². The molecule has 0 unspecified atom stereocenters. The second kappa shape index (κ2) is 12.3. The number of aromatic nitrogens is 4. The maximum Gasteiger partial charge on any atom is 0.246 e. The molecule has 38 heavy (non-hydrogen) atoms. The van der Waals surface area contributed by atoms with Gasteiger partial charge in [-0.05, 0) is 55.5 Å². The van der Waals surface area contributed by atoms with Crippen molar-refractivity contribution in [3.05, 3.63) is 53.8 Å². The number of amides is 2. The summed E-state index contributed by atoms with van der Waals surface area (Å²) >= 11 is 0. The van der Waals surface area contributed by atoms with Crippen LogP contribution in [0.2, 0.25) is 0 Å². The van der Waals surface area contributed by atoms with Gasteiger partial charge in [0.25, 0.3) is 0 Å². The number of piperidine rings is 1. The first kappa shape index (κ1) is 26.1. The lowest BCUT2D eigenvalue weighted by Gasteiger charge is -2.38. The van der Waals surface area contributed by atoms with Crippen LogP contribution in [0.25, 0.3) is 11.6 Å². The smallest absolute Gasteiger partial charge is 0.246 e. The van der Waals surface area contributed by atoms with Gasteiger partial charge in [-0.3, -0.25) is 14.5 Å². The summed E-state index contributed by atoms with van der Waals surface area (Å²) in [7, 11) is 0. The summed E-state index contributed by atoms with van der Waals surface area (Å²) in [5.41, 5.74) is 1.27. The lowest BCUT2D eigenvalue weighted by Crippen LogP contribution is -2.52. The molecule has 2 aliphatic rings. The molecule has 202 valence electrons. The molecule has 4 heterocycles. The van der Waals surface area contributed by atoms with Gasteiger partial charge in [0.15, 0.2) is 5.76 Å². The third kappa shape index (κ3) is 6.84. The van der Waals surface area contributed by atoms with Gasteiger partial charge in [0.2, 0.25) is 17.6 Å². The van der Waals surface area contributed by atoms with Crippen molar-refractivity contribution in [2.24, 2.45) is 0 Å². The van der Waals surface area contributed by atoms with Gasteiger partial charge in [0, 0.05) is 38.8 Å². The van der Waals surface area contributed by atoms with Crippen LogP contribution < -0.4 is 5.32 Å². The largest absolute Gasteiger partial charge is 0.458 e. The lowest BCUT2D eigenvalue weighted by molar-refractivity contribution is -0.140. The van der Waals surface area contributed by atoms with Gasteiger partial charge >= 0.3 is 0 Å². The third-order valence-corrected chi connectivity index (χ3v) is 7.12. The van der Waals surface area contributed by atoms with Gasteiger partial charge in [-0.1, -0.05) is 30.3 Å². The number of carbonyl (C=O) groups is 2. The zero-order valence-corrected chi connectivity index (χ0v) is 21.8. The number of tetrazole rings is 1. The topological polar surface area (TPSA) is 119 Å². The number of rotatable bonds is 10. The number of aryl methyl sites for hydroxylation is 1. The van der Waals surface area contributed by atoms with Gasteiger partial charge in [-0.2, -0.15) is 4.80 Å². The monoisotopic (exact) mass is 521 g/mol. The minimum atomic E-state index is -0.210. The summed E-state index contributed by atoms with van der Waals surface area (Å²) in [6, 6.07) is 13.9. The number of hydrogen-bond acceptors (Lipinski definition) is 8. The van der Waals surface area contributed by atoms with Crippen LogP contribution in [-0.4, -0.2) is 86.8 Å². The van der Waals surface area contributed by atoms with Crippen LogP contribution in [0.4, 0.5) is 0 Å². The minimum absolute atomic E-state index is 0.00611. The number of nitrogens with zero attached hydrogens (tertiary/aromatic N) is 6. The highest BCUT2D eigenvalue weighted by Gasteiger charge is 2.30. The van der Waals surface area contributed by atoms with E-state index in [0.717, 1.165) is 57.7 Å². The Morgan fingerprint density at radius 1 is 1.11 bits per heavy atom. The van der Waals surface area contributed by atoms with Crippen LogP contribution in [0.3, 0.4) is 0 Å². The van der Waals surface area contributed by atoms with Crippen LogP contribution in [0.15, 0.2) is 46.9 Å². The number of likely N-dealkylation sites (tertiary alicyclic amines) is 1. The van der Waals surface area contributed by atoms with Gasteiger partial charge < -0.3 is 19.4 Å². The van der Waals surface area contributed by atoms with Crippen molar-refractivity contribution in [2.45, 2.75) is 57.8 Å². The summed E-state index contributed by atoms with van der Waals surface area (Å²) in [6.45, 7) is 5.51. The molecule has 1 atom stereocenters. The lowest BCUT2D eigenvalue weighted by atomic mass is 10.0. The van der Waals surface area contributed by atoms with E-state index >= 15 is 0 Å².